The van der Waals surface area contributed by atoms with Gasteiger partial charge < -0.3 is 15.2 Å². The van der Waals surface area contributed by atoms with E-state index >= 15 is 0 Å². The summed E-state index contributed by atoms with van der Waals surface area (Å²) in [5.41, 5.74) is 2.88. The van der Waals surface area contributed by atoms with E-state index in [0.717, 1.165) is 5.56 Å². The van der Waals surface area contributed by atoms with E-state index in [1.165, 1.54) is 42.3 Å². The smallest absolute Gasteiger partial charge is 0.330 e. The Kier molecular flexibility index (Phi) is 6.04. The summed E-state index contributed by atoms with van der Waals surface area (Å²) < 4.78 is 19.3. The van der Waals surface area contributed by atoms with Crippen LogP contribution in [0.2, 0.25) is 0 Å². The van der Waals surface area contributed by atoms with Gasteiger partial charge in [0.25, 0.3) is 5.91 Å². The van der Waals surface area contributed by atoms with Crippen LogP contribution in [-0.2, 0) is 9.53 Å². The van der Waals surface area contributed by atoms with E-state index in [-0.39, 0.29) is 11.4 Å². The molecule has 150 valence electrons. The van der Waals surface area contributed by atoms with Crippen LogP contribution in [0.15, 0.2) is 54.7 Å². The monoisotopic (exact) mass is 397 g/mol. The first kappa shape index (κ1) is 20.2. The zero-order valence-corrected chi connectivity index (χ0v) is 15.9. The van der Waals surface area contributed by atoms with Crippen LogP contribution in [0, 0.1) is 12.7 Å². The van der Waals surface area contributed by atoms with Crippen molar-refractivity contribution in [3.05, 3.63) is 71.7 Å². The largest absolute Gasteiger partial charge is 0.467 e. The Hall–Kier alpha value is -3.52. The van der Waals surface area contributed by atoms with Gasteiger partial charge in [-0.05, 0) is 31.2 Å². The zero-order chi connectivity index (χ0) is 21.0. The number of benzene rings is 2. The summed E-state index contributed by atoms with van der Waals surface area (Å²) in [6, 6.07) is 11.9. The highest BCUT2D eigenvalue weighted by Gasteiger charge is 2.25. The summed E-state index contributed by atoms with van der Waals surface area (Å²) in [6.45, 7) is 1.33. The predicted octanol–water partition coefficient (Wildman–Crippen LogP) is 2.25. The molecule has 0 unspecified atom stereocenters. The van der Waals surface area contributed by atoms with Crippen LogP contribution in [-0.4, -0.2) is 46.5 Å². The molecule has 8 heteroatoms. The van der Waals surface area contributed by atoms with Crippen molar-refractivity contribution >= 4 is 11.9 Å². The summed E-state index contributed by atoms with van der Waals surface area (Å²) in [4.78, 5) is 24.6. The van der Waals surface area contributed by atoms with Crippen molar-refractivity contribution in [1.29, 1.82) is 0 Å². The van der Waals surface area contributed by atoms with E-state index in [0.29, 0.717) is 16.9 Å². The normalized spacial score (nSPS) is 11.7. The molecule has 3 rings (SSSR count). The lowest BCUT2D eigenvalue weighted by Gasteiger charge is -2.13. The second-order valence-corrected chi connectivity index (χ2v) is 6.41. The fraction of sp³-hybridized carbons (Fsp3) is 0.190. The number of aryl methyl sites for hydroxylation is 1. The van der Waals surface area contributed by atoms with Gasteiger partial charge in [-0.3, -0.25) is 4.79 Å². The summed E-state index contributed by atoms with van der Waals surface area (Å²) in [7, 11) is 1.17. The Bertz CT molecular complexity index is 1010. The van der Waals surface area contributed by atoms with Gasteiger partial charge in [-0.15, -0.1) is 0 Å². The summed E-state index contributed by atoms with van der Waals surface area (Å²) in [5.74, 6) is -1.75. The summed E-state index contributed by atoms with van der Waals surface area (Å²) in [6.07, 6.45) is 1.49. The number of ether oxygens (including phenoxy) is 1. The van der Waals surface area contributed by atoms with Crippen LogP contribution in [0.4, 0.5) is 4.39 Å². The molecule has 0 radical (unpaired) electrons. The van der Waals surface area contributed by atoms with Crippen molar-refractivity contribution in [2.24, 2.45) is 0 Å². The minimum absolute atomic E-state index is 0.195. The van der Waals surface area contributed by atoms with Gasteiger partial charge in [0.15, 0.2) is 6.04 Å². The molecule has 29 heavy (non-hydrogen) atoms. The van der Waals surface area contributed by atoms with Crippen LogP contribution >= 0.6 is 0 Å². The lowest BCUT2D eigenvalue weighted by atomic mass is 10.1. The number of halogens is 1. The van der Waals surface area contributed by atoms with Crippen molar-refractivity contribution in [1.82, 2.24) is 15.1 Å². The number of esters is 1. The first-order valence-corrected chi connectivity index (χ1v) is 8.85. The van der Waals surface area contributed by atoms with Gasteiger partial charge >= 0.3 is 5.97 Å². The van der Waals surface area contributed by atoms with E-state index in [2.05, 4.69) is 15.2 Å². The van der Waals surface area contributed by atoms with Crippen LogP contribution in [0.5, 0.6) is 0 Å². The molecule has 1 amide bonds. The van der Waals surface area contributed by atoms with Gasteiger partial charge in [0.05, 0.1) is 25.0 Å². The number of hydrogen-bond donors (Lipinski definition) is 2. The molecule has 2 aromatic carbocycles. The highest BCUT2D eigenvalue weighted by Crippen LogP contribution is 2.24. The molecule has 0 saturated heterocycles. The number of aliphatic hydroxyl groups is 1. The third-order valence-corrected chi connectivity index (χ3v) is 4.35. The number of amides is 1. The van der Waals surface area contributed by atoms with Gasteiger partial charge in [-0.25, -0.2) is 13.9 Å². The first-order chi connectivity index (χ1) is 13.9. The molecule has 0 bridgehead atoms. The maximum Gasteiger partial charge on any atom is 0.330 e. The lowest BCUT2D eigenvalue weighted by Crippen LogP contribution is -2.44. The molecule has 1 aromatic heterocycles. The lowest BCUT2D eigenvalue weighted by molar-refractivity contribution is -0.143. The van der Waals surface area contributed by atoms with E-state index < -0.39 is 24.5 Å². The van der Waals surface area contributed by atoms with Crippen LogP contribution in [0.25, 0.3) is 16.9 Å². The number of hydrogen-bond acceptors (Lipinski definition) is 5. The van der Waals surface area contributed by atoms with E-state index in [1.54, 1.807) is 0 Å². The standard InChI is InChI=1S/C21H20FN3O4/c1-13-3-5-14(6-4-13)19-17(20(27)23-18(12-26)21(28)29-2)11-25(24-19)16-9-7-15(22)8-10-16/h3-11,18,26H,12H2,1-2H3,(H,23,27)/t18-/m1/s1. The second-order valence-electron chi connectivity index (χ2n) is 6.41. The first-order valence-electron chi connectivity index (χ1n) is 8.85. The number of aromatic nitrogens is 2. The predicted molar refractivity (Wildman–Crippen MR) is 104 cm³/mol. The molecule has 0 saturated carbocycles. The molecule has 0 aliphatic rings. The number of nitrogens with zero attached hydrogens (tertiary/aromatic N) is 2. The number of carbonyl (C=O) groups is 2. The van der Waals surface area contributed by atoms with Crippen LogP contribution in [0.1, 0.15) is 15.9 Å². The molecular weight excluding hydrogens is 377 g/mol. The third-order valence-electron chi connectivity index (χ3n) is 4.35. The number of nitrogens with one attached hydrogen (secondary N) is 1. The number of rotatable bonds is 6. The Labute approximate surface area is 166 Å². The highest BCUT2D eigenvalue weighted by atomic mass is 19.1. The maximum atomic E-state index is 13.2. The Balaban J connectivity index is 2.03. The average Bonchev–Trinajstić information content (AvgIpc) is 3.18. The van der Waals surface area contributed by atoms with Gasteiger partial charge in [0.1, 0.15) is 11.5 Å². The van der Waals surface area contributed by atoms with Crippen LogP contribution < -0.4 is 5.32 Å². The molecule has 2 N–H and O–H groups in total. The molecule has 0 spiro atoms. The summed E-state index contributed by atoms with van der Waals surface area (Å²) >= 11 is 0. The molecule has 3 aromatic rings. The topological polar surface area (TPSA) is 93.5 Å². The molecule has 1 heterocycles. The van der Waals surface area contributed by atoms with Crippen molar-refractivity contribution in [3.8, 4) is 16.9 Å². The molecule has 0 aliphatic carbocycles. The Morgan fingerprint density at radius 1 is 1.17 bits per heavy atom. The van der Waals surface area contributed by atoms with Crippen molar-refractivity contribution in [2.75, 3.05) is 13.7 Å². The molecule has 1 atom stereocenters. The number of methoxy groups -OCH3 is 1. The maximum absolute atomic E-state index is 13.2. The van der Waals surface area contributed by atoms with Crippen molar-refractivity contribution in [2.45, 2.75) is 13.0 Å². The average molecular weight is 397 g/mol. The molecule has 7 nitrogen and oxygen atoms in total. The zero-order valence-electron chi connectivity index (χ0n) is 15.9. The highest BCUT2D eigenvalue weighted by molar-refractivity contribution is 6.01. The summed E-state index contributed by atoms with van der Waals surface area (Å²) in [5, 5.41) is 16.3. The minimum Gasteiger partial charge on any atom is -0.467 e. The Morgan fingerprint density at radius 3 is 2.41 bits per heavy atom. The molecule has 0 fully saturated rings. The number of carbonyl (C=O) groups excluding carboxylic acids is 2. The van der Waals surface area contributed by atoms with Gasteiger partial charge in [0.2, 0.25) is 0 Å². The fourth-order valence-corrected chi connectivity index (χ4v) is 2.75. The molecular formula is C21H20FN3O4. The van der Waals surface area contributed by atoms with Crippen molar-refractivity contribution < 1.29 is 23.8 Å². The van der Waals surface area contributed by atoms with Crippen molar-refractivity contribution in [3.63, 3.8) is 0 Å². The van der Waals surface area contributed by atoms with Gasteiger partial charge in [-0.1, -0.05) is 29.8 Å². The van der Waals surface area contributed by atoms with Crippen LogP contribution in [0.3, 0.4) is 0 Å². The van der Waals surface area contributed by atoms with E-state index in [9.17, 15) is 19.1 Å². The van der Waals surface area contributed by atoms with Gasteiger partial charge in [0, 0.05) is 11.8 Å². The van der Waals surface area contributed by atoms with Gasteiger partial charge in [-0.2, -0.15) is 5.10 Å². The fourth-order valence-electron chi connectivity index (χ4n) is 2.75. The SMILES string of the molecule is COC(=O)[C@@H](CO)NC(=O)c1cn(-c2ccc(F)cc2)nc1-c1ccc(C)cc1. The Morgan fingerprint density at radius 2 is 1.83 bits per heavy atom. The minimum atomic E-state index is -1.20. The van der Waals surface area contributed by atoms with E-state index in [1.807, 2.05) is 31.2 Å². The second kappa shape index (κ2) is 8.66. The van der Waals surface area contributed by atoms with E-state index in [4.69, 9.17) is 0 Å². The quantitative estimate of drug-likeness (QED) is 0.623. The third kappa shape index (κ3) is 4.49. The number of aliphatic hydroxyl groups excluding tert-OH is 1. The molecule has 0 aliphatic heterocycles.